The van der Waals surface area contributed by atoms with Crippen molar-refractivity contribution in [3.05, 3.63) is 52.7 Å². The predicted octanol–water partition coefficient (Wildman–Crippen LogP) is 1.82. The van der Waals surface area contributed by atoms with Crippen molar-refractivity contribution < 1.29 is 18.5 Å². The van der Waals surface area contributed by atoms with Crippen molar-refractivity contribution in [3.8, 4) is 0 Å². The molecule has 0 bridgehead atoms. The molecule has 1 aromatic carbocycles. The normalized spacial score (nSPS) is 10.3. The number of amides is 2. The zero-order chi connectivity index (χ0) is 16.1. The van der Waals surface area contributed by atoms with E-state index in [0.717, 1.165) is 11.3 Å². The predicted molar refractivity (Wildman–Crippen MR) is 76.3 cm³/mol. The average Bonchev–Trinajstić information content (AvgIpc) is 2.82. The number of carbonyl (C=O) groups is 2. The number of carbonyl (C=O) groups excluding carboxylic acids is 2. The van der Waals surface area contributed by atoms with Crippen LogP contribution < -0.4 is 10.9 Å². The van der Waals surface area contributed by atoms with Gasteiger partial charge in [-0.1, -0.05) is 5.16 Å². The van der Waals surface area contributed by atoms with Gasteiger partial charge in [0.05, 0.1) is 5.69 Å². The summed E-state index contributed by atoms with van der Waals surface area (Å²) in [6, 6.07) is 5.02. The van der Waals surface area contributed by atoms with E-state index < -0.39 is 11.7 Å². The summed E-state index contributed by atoms with van der Waals surface area (Å²) in [5.41, 5.74) is 6.49. The molecule has 0 radical (unpaired) electrons. The van der Waals surface area contributed by atoms with Crippen molar-refractivity contribution in [2.45, 2.75) is 26.7 Å². The van der Waals surface area contributed by atoms with Crippen molar-refractivity contribution in [1.82, 2.24) is 16.0 Å². The number of aryl methyl sites for hydroxylation is 2. The molecule has 2 aromatic rings. The third-order valence-electron chi connectivity index (χ3n) is 3.21. The lowest BCUT2D eigenvalue weighted by Crippen LogP contribution is -2.41. The Morgan fingerprint density at radius 2 is 1.86 bits per heavy atom. The summed E-state index contributed by atoms with van der Waals surface area (Å²) < 4.78 is 17.8. The van der Waals surface area contributed by atoms with Crippen LogP contribution in [0.25, 0.3) is 0 Å². The minimum absolute atomic E-state index is 0.187. The van der Waals surface area contributed by atoms with E-state index in [2.05, 4.69) is 16.0 Å². The summed E-state index contributed by atoms with van der Waals surface area (Å²) in [5, 5.41) is 3.81. The number of hydrogen-bond acceptors (Lipinski definition) is 4. The van der Waals surface area contributed by atoms with Gasteiger partial charge >= 0.3 is 0 Å². The van der Waals surface area contributed by atoms with Crippen LogP contribution in [-0.4, -0.2) is 17.0 Å². The Hall–Kier alpha value is -2.70. The topological polar surface area (TPSA) is 84.2 Å². The van der Waals surface area contributed by atoms with E-state index in [1.807, 2.05) is 0 Å². The highest BCUT2D eigenvalue weighted by Gasteiger charge is 2.12. The Labute approximate surface area is 126 Å². The molecule has 2 amide bonds. The summed E-state index contributed by atoms with van der Waals surface area (Å²) >= 11 is 0. The molecule has 2 N–H and O–H groups in total. The molecule has 2 rings (SSSR count). The van der Waals surface area contributed by atoms with E-state index in [1.54, 1.807) is 13.8 Å². The third-order valence-corrected chi connectivity index (χ3v) is 3.21. The molecule has 0 spiro atoms. The van der Waals surface area contributed by atoms with Crippen LogP contribution in [0.15, 0.2) is 28.8 Å². The standard InChI is InChI=1S/C15H16FN3O3/c1-9-13(10(2)22-19-9)7-8-14(20)17-18-15(21)11-3-5-12(16)6-4-11/h3-6H,7-8H2,1-2H3,(H,17,20)(H,18,21). The number of halogens is 1. The largest absolute Gasteiger partial charge is 0.361 e. The summed E-state index contributed by atoms with van der Waals surface area (Å²) in [7, 11) is 0. The first-order valence-electron chi connectivity index (χ1n) is 6.74. The second kappa shape index (κ2) is 6.84. The molecule has 6 nitrogen and oxygen atoms in total. The van der Waals surface area contributed by atoms with Gasteiger partial charge in [-0.05, 0) is 44.5 Å². The lowest BCUT2D eigenvalue weighted by molar-refractivity contribution is -0.121. The fourth-order valence-corrected chi connectivity index (χ4v) is 1.96. The van der Waals surface area contributed by atoms with E-state index in [9.17, 15) is 14.0 Å². The molecule has 0 saturated heterocycles. The van der Waals surface area contributed by atoms with Gasteiger partial charge in [-0.3, -0.25) is 20.4 Å². The number of hydrazine groups is 1. The molecule has 0 saturated carbocycles. The first-order valence-corrected chi connectivity index (χ1v) is 6.74. The lowest BCUT2D eigenvalue weighted by atomic mass is 10.1. The molecular weight excluding hydrogens is 289 g/mol. The Bertz CT molecular complexity index is 660. The van der Waals surface area contributed by atoms with Crippen LogP contribution in [0, 0.1) is 19.7 Å². The maximum absolute atomic E-state index is 12.8. The van der Waals surface area contributed by atoms with E-state index in [4.69, 9.17) is 4.52 Å². The Kier molecular flexibility index (Phi) is 4.88. The zero-order valence-electron chi connectivity index (χ0n) is 12.3. The van der Waals surface area contributed by atoms with Gasteiger partial charge in [0.25, 0.3) is 5.91 Å². The van der Waals surface area contributed by atoms with Crippen molar-refractivity contribution in [2.24, 2.45) is 0 Å². The summed E-state index contributed by atoms with van der Waals surface area (Å²) in [6.07, 6.45) is 0.659. The monoisotopic (exact) mass is 305 g/mol. The second-order valence-electron chi connectivity index (χ2n) is 4.81. The molecule has 22 heavy (non-hydrogen) atoms. The van der Waals surface area contributed by atoms with Crippen molar-refractivity contribution in [3.63, 3.8) is 0 Å². The number of aromatic nitrogens is 1. The van der Waals surface area contributed by atoms with Crippen LogP contribution in [0.4, 0.5) is 4.39 Å². The smallest absolute Gasteiger partial charge is 0.269 e. The van der Waals surface area contributed by atoms with E-state index in [1.165, 1.54) is 24.3 Å². The zero-order valence-corrected chi connectivity index (χ0v) is 12.3. The Morgan fingerprint density at radius 3 is 2.45 bits per heavy atom. The number of benzene rings is 1. The molecule has 116 valence electrons. The van der Waals surface area contributed by atoms with Crippen LogP contribution in [0.2, 0.25) is 0 Å². The molecule has 0 aliphatic heterocycles. The minimum Gasteiger partial charge on any atom is -0.361 e. The first kappa shape index (κ1) is 15.7. The quantitative estimate of drug-likeness (QED) is 0.844. The average molecular weight is 305 g/mol. The van der Waals surface area contributed by atoms with E-state index in [0.29, 0.717) is 12.2 Å². The molecule has 0 fully saturated rings. The van der Waals surface area contributed by atoms with Gasteiger partial charge in [0.2, 0.25) is 5.91 Å². The van der Waals surface area contributed by atoms with Gasteiger partial charge in [-0.15, -0.1) is 0 Å². The van der Waals surface area contributed by atoms with Crippen LogP contribution >= 0.6 is 0 Å². The first-order chi connectivity index (χ1) is 10.5. The number of hydrogen-bond donors (Lipinski definition) is 2. The van der Waals surface area contributed by atoms with Crippen molar-refractivity contribution in [2.75, 3.05) is 0 Å². The highest BCUT2D eigenvalue weighted by atomic mass is 19.1. The molecule has 1 aromatic heterocycles. The molecule has 7 heteroatoms. The van der Waals surface area contributed by atoms with Gasteiger partial charge in [-0.2, -0.15) is 0 Å². The molecule has 0 atom stereocenters. The van der Waals surface area contributed by atoms with Crippen LogP contribution in [0.3, 0.4) is 0 Å². The van der Waals surface area contributed by atoms with Gasteiger partial charge in [0, 0.05) is 17.5 Å². The summed E-state index contributed by atoms with van der Waals surface area (Å²) in [4.78, 5) is 23.4. The highest BCUT2D eigenvalue weighted by Crippen LogP contribution is 2.14. The van der Waals surface area contributed by atoms with Gasteiger partial charge in [-0.25, -0.2) is 4.39 Å². The fraction of sp³-hybridized carbons (Fsp3) is 0.267. The number of rotatable bonds is 4. The van der Waals surface area contributed by atoms with Crippen molar-refractivity contribution >= 4 is 11.8 Å². The van der Waals surface area contributed by atoms with Crippen LogP contribution in [0.1, 0.15) is 33.8 Å². The lowest BCUT2D eigenvalue weighted by Gasteiger charge is -2.07. The van der Waals surface area contributed by atoms with E-state index in [-0.39, 0.29) is 17.9 Å². The molecular formula is C15H16FN3O3. The van der Waals surface area contributed by atoms with Crippen LogP contribution in [0.5, 0.6) is 0 Å². The Morgan fingerprint density at radius 1 is 1.18 bits per heavy atom. The SMILES string of the molecule is Cc1noc(C)c1CCC(=O)NNC(=O)c1ccc(F)cc1. The number of nitrogens with zero attached hydrogens (tertiary/aromatic N) is 1. The fourth-order valence-electron chi connectivity index (χ4n) is 1.96. The minimum atomic E-state index is -0.509. The molecule has 1 heterocycles. The molecule has 0 aliphatic rings. The maximum atomic E-state index is 12.8. The van der Waals surface area contributed by atoms with Gasteiger partial charge < -0.3 is 4.52 Å². The molecule has 0 unspecified atom stereocenters. The van der Waals surface area contributed by atoms with Gasteiger partial charge in [0.1, 0.15) is 11.6 Å². The number of nitrogens with one attached hydrogen (secondary N) is 2. The highest BCUT2D eigenvalue weighted by molar-refractivity contribution is 5.95. The molecule has 0 aliphatic carbocycles. The summed E-state index contributed by atoms with van der Waals surface area (Å²) in [5.74, 6) is -0.596. The van der Waals surface area contributed by atoms with E-state index >= 15 is 0 Å². The van der Waals surface area contributed by atoms with Gasteiger partial charge in [0.15, 0.2) is 0 Å². The van der Waals surface area contributed by atoms with Crippen LogP contribution in [-0.2, 0) is 11.2 Å². The summed E-state index contributed by atoms with van der Waals surface area (Å²) in [6.45, 7) is 3.59. The van der Waals surface area contributed by atoms with Crippen molar-refractivity contribution in [1.29, 1.82) is 0 Å². The third kappa shape index (κ3) is 3.91. The maximum Gasteiger partial charge on any atom is 0.269 e. The second-order valence-corrected chi connectivity index (χ2v) is 4.81. The Balaban J connectivity index is 1.80.